The molecule has 5 aliphatic rings. The Morgan fingerprint density at radius 3 is 2.25 bits per heavy atom. The first kappa shape index (κ1) is 21.5. The summed E-state index contributed by atoms with van der Waals surface area (Å²) in [6.45, 7) is 3.10. The first-order valence-corrected chi connectivity index (χ1v) is 12.3. The molecule has 0 spiro atoms. The van der Waals surface area contributed by atoms with Gasteiger partial charge in [0, 0.05) is 31.1 Å². The van der Waals surface area contributed by atoms with Crippen LogP contribution in [0.4, 0.5) is 0 Å². The van der Waals surface area contributed by atoms with Crippen LogP contribution >= 0.6 is 0 Å². The number of aryl methyl sites for hydroxylation is 1. The van der Waals surface area contributed by atoms with Gasteiger partial charge >= 0.3 is 0 Å². The van der Waals surface area contributed by atoms with Crippen LogP contribution in [0, 0.1) is 30.1 Å². The third kappa shape index (κ3) is 4.44. The molecule has 3 amide bonds. The summed E-state index contributed by atoms with van der Waals surface area (Å²) in [6, 6.07) is 1.80. The lowest BCUT2D eigenvalue weighted by atomic mass is 9.49. The Labute approximate surface area is 189 Å². The molecule has 1 aliphatic heterocycles. The predicted octanol–water partition coefficient (Wildman–Crippen LogP) is 3.03. The number of piperidine rings is 1. The van der Waals surface area contributed by atoms with Crippen LogP contribution in [-0.4, -0.2) is 48.3 Å². The Balaban J connectivity index is 1.04. The Morgan fingerprint density at radius 2 is 1.69 bits per heavy atom. The van der Waals surface area contributed by atoms with Crippen LogP contribution in [0.15, 0.2) is 16.7 Å². The van der Waals surface area contributed by atoms with Crippen molar-refractivity contribution >= 4 is 17.7 Å². The van der Waals surface area contributed by atoms with Gasteiger partial charge in [-0.25, -0.2) is 0 Å². The Bertz CT molecular complexity index is 848. The zero-order chi connectivity index (χ0) is 22.3. The number of furan rings is 1. The Morgan fingerprint density at radius 1 is 1.06 bits per heavy atom. The minimum absolute atomic E-state index is 0.0294. The molecule has 0 atom stereocenters. The van der Waals surface area contributed by atoms with Gasteiger partial charge in [0.25, 0.3) is 5.91 Å². The van der Waals surface area contributed by atoms with Gasteiger partial charge < -0.3 is 20.0 Å². The SMILES string of the molecule is Cc1ccoc1C(=O)NC1CCN(C(=O)CNC(=O)CC23CC4CC(CC(C4)C2)C3)CC1. The van der Waals surface area contributed by atoms with Gasteiger partial charge in [0.05, 0.1) is 12.8 Å². The average molecular weight is 442 g/mol. The molecule has 0 radical (unpaired) electrons. The number of carbonyl (C=O) groups is 3. The second-order valence-corrected chi connectivity index (χ2v) is 10.9. The van der Waals surface area contributed by atoms with E-state index in [2.05, 4.69) is 10.6 Å². The Hall–Kier alpha value is -2.31. The summed E-state index contributed by atoms with van der Waals surface area (Å²) in [5.41, 5.74) is 1.02. The molecule has 1 aromatic heterocycles. The molecule has 1 saturated heterocycles. The monoisotopic (exact) mass is 441 g/mol. The van der Waals surface area contributed by atoms with Crippen LogP contribution in [0.5, 0.6) is 0 Å². The third-order valence-electron chi connectivity index (χ3n) is 8.39. The van der Waals surface area contributed by atoms with E-state index in [9.17, 15) is 14.4 Å². The van der Waals surface area contributed by atoms with E-state index in [-0.39, 0.29) is 35.7 Å². The molecule has 1 aromatic rings. The van der Waals surface area contributed by atoms with Crippen molar-refractivity contribution in [2.75, 3.05) is 19.6 Å². The lowest BCUT2D eigenvalue weighted by Crippen LogP contribution is -2.50. The van der Waals surface area contributed by atoms with E-state index in [4.69, 9.17) is 4.42 Å². The van der Waals surface area contributed by atoms with Crippen LogP contribution < -0.4 is 10.6 Å². The number of nitrogens with one attached hydrogen (secondary N) is 2. The summed E-state index contributed by atoms with van der Waals surface area (Å²) in [6.07, 6.45) is 11.3. The van der Waals surface area contributed by atoms with Crippen molar-refractivity contribution in [2.24, 2.45) is 23.2 Å². The zero-order valence-electron chi connectivity index (χ0n) is 19.0. The van der Waals surface area contributed by atoms with Gasteiger partial charge in [0.1, 0.15) is 0 Å². The number of nitrogens with zero attached hydrogens (tertiary/aromatic N) is 1. The van der Waals surface area contributed by atoms with Crippen LogP contribution in [0.1, 0.15) is 73.9 Å². The standard InChI is InChI=1S/C25H35N3O4/c1-16-4-7-32-23(16)24(31)27-20-2-5-28(6-3-20)22(30)15-26-21(29)14-25-11-17-8-18(12-25)10-19(9-17)13-25/h4,7,17-20H,2-3,5-6,8-15H2,1H3,(H,26,29)(H,27,31). The normalized spacial score (nSPS) is 31.5. The van der Waals surface area contributed by atoms with Crippen LogP contribution in [-0.2, 0) is 9.59 Å². The largest absolute Gasteiger partial charge is 0.459 e. The van der Waals surface area contributed by atoms with Crippen molar-refractivity contribution < 1.29 is 18.8 Å². The number of amides is 3. The fourth-order valence-electron chi connectivity index (χ4n) is 7.33. The number of carbonyl (C=O) groups excluding carboxylic acids is 3. The van der Waals surface area contributed by atoms with Crippen molar-refractivity contribution in [2.45, 2.75) is 70.8 Å². The van der Waals surface area contributed by atoms with Gasteiger partial charge in [-0.2, -0.15) is 0 Å². The maximum absolute atomic E-state index is 12.7. The quantitative estimate of drug-likeness (QED) is 0.710. The van der Waals surface area contributed by atoms with Crippen LogP contribution in [0.2, 0.25) is 0 Å². The van der Waals surface area contributed by atoms with Gasteiger partial charge in [-0.15, -0.1) is 0 Å². The average Bonchev–Trinajstić information content (AvgIpc) is 3.17. The number of hydrogen-bond acceptors (Lipinski definition) is 4. The second kappa shape index (κ2) is 8.56. The molecule has 0 unspecified atom stereocenters. The first-order chi connectivity index (χ1) is 15.4. The topological polar surface area (TPSA) is 91.7 Å². The second-order valence-electron chi connectivity index (χ2n) is 10.9. The smallest absolute Gasteiger partial charge is 0.287 e. The Kier molecular flexibility index (Phi) is 5.76. The van der Waals surface area contributed by atoms with Crippen molar-refractivity contribution in [1.82, 2.24) is 15.5 Å². The van der Waals surface area contributed by atoms with E-state index in [1.54, 1.807) is 11.0 Å². The van der Waals surface area contributed by atoms with E-state index in [0.717, 1.165) is 23.3 Å². The van der Waals surface area contributed by atoms with Crippen LogP contribution in [0.25, 0.3) is 0 Å². The highest BCUT2D eigenvalue weighted by molar-refractivity contribution is 5.93. The zero-order valence-corrected chi connectivity index (χ0v) is 19.0. The molecule has 4 aliphatic carbocycles. The summed E-state index contributed by atoms with van der Waals surface area (Å²) in [7, 11) is 0. The fraction of sp³-hybridized carbons (Fsp3) is 0.720. The number of hydrogen-bond donors (Lipinski definition) is 2. The molecule has 4 bridgehead atoms. The van der Waals surface area contributed by atoms with Gasteiger partial charge in [0.2, 0.25) is 11.8 Å². The summed E-state index contributed by atoms with van der Waals surface area (Å²) in [5.74, 6) is 2.64. The maximum Gasteiger partial charge on any atom is 0.287 e. The number of rotatable bonds is 6. The molecule has 7 nitrogen and oxygen atoms in total. The minimum Gasteiger partial charge on any atom is -0.459 e. The highest BCUT2D eigenvalue weighted by atomic mass is 16.3. The molecule has 4 saturated carbocycles. The summed E-state index contributed by atoms with van der Waals surface area (Å²) >= 11 is 0. The summed E-state index contributed by atoms with van der Waals surface area (Å²) < 4.78 is 5.25. The van der Waals surface area contributed by atoms with E-state index in [0.29, 0.717) is 38.1 Å². The predicted molar refractivity (Wildman–Crippen MR) is 119 cm³/mol. The molecule has 6 rings (SSSR count). The fourth-order valence-corrected chi connectivity index (χ4v) is 7.33. The van der Waals surface area contributed by atoms with Crippen molar-refractivity contribution in [1.29, 1.82) is 0 Å². The van der Waals surface area contributed by atoms with E-state index >= 15 is 0 Å². The highest BCUT2D eigenvalue weighted by Gasteiger charge is 2.51. The van der Waals surface area contributed by atoms with Gasteiger partial charge in [-0.05, 0) is 87.5 Å². The van der Waals surface area contributed by atoms with Gasteiger partial charge in [-0.3, -0.25) is 14.4 Å². The summed E-state index contributed by atoms with van der Waals surface area (Å²) in [4.78, 5) is 39.4. The van der Waals surface area contributed by atoms with Crippen molar-refractivity contribution in [3.63, 3.8) is 0 Å². The molecule has 0 aromatic carbocycles. The lowest BCUT2D eigenvalue weighted by molar-refractivity contribution is -0.136. The highest BCUT2D eigenvalue weighted by Crippen LogP contribution is 2.61. The molecular formula is C25H35N3O4. The minimum atomic E-state index is -0.200. The van der Waals surface area contributed by atoms with Crippen LogP contribution in [0.3, 0.4) is 0 Å². The number of likely N-dealkylation sites (tertiary alicyclic amines) is 1. The van der Waals surface area contributed by atoms with Gasteiger partial charge in [-0.1, -0.05) is 0 Å². The van der Waals surface area contributed by atoms with E-state index < -0.39 is 0 Å². The van der Waals surface area contributed by atoms with E-state index in [1.165, 1.54) is 44.8 Å². The van der Waals surface area contributed by atoms with E-state index in [1.807, 2.05) is 6.92 Å². The maximum atomic E-state index is 12.7. The molecule has 174 valence electrons. The molecule has 2 N–H and O–H groups in total. The third-order valence-corrected chi connectivity index (χ3v) is 8.39. The molecular weight excluding hydrogens is 406 g/mol. The van der Waals surface area contributed by atoms with Crippen molar-refractivity contribution in [3.8, 4) is 0 Å². The molecule has 5 fully saturated rings. The van der Waals surface area contributed by atoms with Crippen molar-refractivity contribution in [3.05, 3.63) is 23.7 Å². The first-order valence-electron chi connectivity index (χ1n) is 12.3. The molecule has 7 heteroatoms. The molecule has 32 heavy (non-hydrogen) atoms. The molecule has 2 heterocycles. The summed E-state index contributed by atoms with van der Waals surface area (Å²) in [5, 5.41) is 5.91. The van der Waals surface area contributed by atoms with Gasteiger partial charge in [0.15, 0.2) is 5.76 Å². The lowest BCUT2D eigenvalue weighted by Gasteiger charge is -2.56.